The topological polar surface area (TPSA) is 181 Å². The Morgan fingerprint density at radius 2 is 1.85 bits per heavy atom. The number of nitro benzene ring substituents is 1. The van der Waals surface area contributed by atoms with E-state index in [4.69, 9.17) is 15.9 Å². The molecule has 2 atom stereocenters. The summed E-state index contributed by atoms with van der Waals surface area (Å²) in [5.41, 5.74) is 6.93. The number of ether oxygens (including phenoxy) is 1. The van der Waals surface area contributed by atoms with Crippen LogP contribution in [0.5, 0.6) is 0 Å². The predicted molar refractivity (Wildman–Crippen MR) is 156 cm³/mol. The number of nitrogens with zero attached hydrogens (tertiary/aromatic N) is 3. The Kier molecular flexibility index (Phi) is 10.2. The number of hydrogen-bond donors (Lipinski definition) is 3. The van der Waals surface area contributed by atoms with Crippen LogP contribution in [-0.2, 0) is 31.4 Å². The fourth-order valence-corrected chi connectivity index (χ4v) is 5.76. The van der Waals surface area contributed by atoms with Crippen LogP contribution < -0.4 is 10.5 Å². The van der Waals surface area contributed by atoms with E-state index >= 15 is 0 Å². The summed E-state index contributed by atoms with van der Waals surface area (Å²) in [6.45, 7) is 8.69. The van der Waals surface area contributed by atoms with Crippen molar-refractivity contribution >= 4 is 33.5 Å². The van der Waals surface area contributed by atoms with Crippen molar-refractivity contribution in [3.8, 4) is 0 Å². The predicted octanol–water partition coefficient (Wildman–Crippen LogP) is 3.35. The number of hydrogen-bond acceptors (Lipinski definition) is 8. The SMILES string of the molecule is CC(=O)OC(=NC[C@@H]1CCCN(C(=N)N)C1)[C@@H](Cc1ccc([N+](=O)[O-])cc1)NS(=O)(=O)c1ccc(C(C)(C)C)cc1. The summed E-state index contributed by atoms with van der Waals surface area (Å²) >= 11 is 0. The zero-order chi connectivity index (χ0) is 30.4. The summed E-state index contributed by atoms with van der Waals surface area (Å²) < 4.78 is 35.1. The molecule has 41 heavy (non-hydrogen) atoms. The summed E-state index contributed by atoms with van der Waals surface area (Å²) in [7, 11) is -4.09. The number of likely N-dealkylation sites (tertiary alicyclic amines) is 1. The zero-order valence-corrected chi connectivity index (χ0v) is 24.6. The molecule has 2 aromatic carbocycles. The summed E-state index contributed by atoms with van der Waals surface area (Å²) in [5, 5.41) is 18.8. The number of nitrogens with one attached hydrogen (secondary N) is 2. The molecule has 13 heteroatoms. The van der Waals surface area contributed by atoms with Gasteiger partial charge in [0.05, 0.1) is 9.82 Å². The molecule has 0 bridgehead atoms. The first-order valence-electron chi connectivity index (χ1n) is 13.3. The lowest BCUT2D eigenvalue weighted by molar-refractivity contribution is -0.384. The summed E-state index contributed by atoms with van der Waals surface area (Å²) in [6.07, 6.45) is 1.65. The maximum atomic E-state index is 13.5. The third kappa shape index (κ3) is 9.08. The molecule has 1 aliphatic heterocycles. The van der Waals surface area contributed by atoms with Crippen molar-refractivity contribution in [1.29, 1.82) is 5.41 Å². The molecule has 0 spiro atoms. The van der Waals surface area contributed by atoms with Gasteiger partial charge in [0.1, 0.15) is 6.04 Å². The van der Waals surface area contributed by atoms with Gasteiger partial charge in [-0.15, -0.1) is 0 Å². The number of nitro groups is 1. The second-order valence-electron chi connectivity index (χ2n) is 11.2. The molecule has 3 rings (SSSR count). The number of sulfonamides is 1. The van der Waals surface area contributed by atoms with Crippen molar-refractivity contribution in [2.75, 3.05) is 19.6 Å². The fraction of sp³-hybridized carbons (Fsp3) is 0.464. The molecule has 1 aliphatic rings. The third-order valence-corrected chi connectivity index (χ3v) is 8.31. The molecule has 0 aliphatic carbocycles. The van der Waals surface area contributed by atoms with Crippen molar-refractivity contribution in [2.24, 2.45) is 16.6 Å². The molecule has 1 heterocycles. The molecule has 0 aromatic heterocycles. The lowest BCUT2D eigenvalue weighted by Crippen LogP contribution is -2.45. The number of nitrogens with two attached hydrogens (primary N) is 1. The second kappa shape index (κ2) is 13.2. The highest BCUT2D eigenvalue weighted by atomic mass is 32.2. The van der Waals surface area contributed by atoms with E-state index in [0.717, 1.165) is 18.4 Å². The Morgan fingerprint density at radius 3 is 2.39 bits per heavy atom. The summed E-state index contributed by atoms with van der Waals surface area (Å²) in [5.74, 6) is -0.786. The number of aliphatic imine (C=N–C) groups is 1. The summed E-state index contributed by atoms with van der Waals surface area (Å²) in [6, 6.07) is 11.2. The standard InChI is InChI=1S/C28H38N6O6S/c1-19(35)40-26(31-17-21-6-5-15-33(18-21)27(29)30)25(16-20-7-11-23(12-8-20)34(36)37)32-41(38,39)24-13-9-22(10-14-24)28(2,3)4/h7-14,21,25,32H,5-6,15-18H2,1-4H3,(H3,29,30)/t21-,25+/m0/s1. The largest absolute Gasteiger partial charge is 0.410 e. The average Bonchev–Trinajstić information content (AvgIpc) is 2.90. The number of non-ortho nitro benzene ring substituents is 1. The van der Waals surface area contributed by atoms with Crippen LogP contribution in [0.15, 0.2) is 58.4 Å². The minimum Gasteiger partial charge on any atom is -0.410 e. The van der Waals surface area contributed by atoms with Crippen LogP contribution in [0.4, 0.5) is 5.69 Å². The van der Waals surface area contributed by atoms with Crippen molar-refractivity contribution < 1.29 is 22.9 Å². The molecule has 1 saturated heterocycles. The Bertz CT molecular complexity index is 1380. The number of guanidine groups is 1. The lowest BCUT2D eigenvalue weighted by atomic mass is 9.87. The lowest BCUT2D eigenvalue weighted by Gasteiger charge is -2.32. The molecule has 4 N–H and O–H groups in total. The van der Waals surface area contributed by atoms with Crippen molar-refractivity contribution in [2.45, 2.75) is 63.3 Å². The minimum atomic E-state index is -4.09. The highest BCUT2D eigenvalue weighted by molar-refractivity contribution is 7.89. The average molecular weight is 587 g/mol. The molecule has 12 nitrogen and oxygen atoms in total. The van der Waals surface area contributed by atoms with Gasteiger partial charge in [-0.1, -0.05) is 45.0 Å². The van der Waals surface area contributed by atoms with Crippen LogP contribution in [0.1, 0.15) is 51.7 Å². The van der Waals surface area contributed by atoms with Crippen molar-refractivity contribution in [3.05, 3.63) is 69.8 Å². The van der Waals surface area contributed by atoms with Crippen LogP contribution in [-0.4, -0.2) is 61.7 Å². The maximum Gasteiger partial charge on any atom is 0.309 e. The third-order valence-electron chi connectivity index (χ3n) is 6.83. The fourth-order valence-electron chi connectivity index (χ4n) is 4.57. The van der Waals surface area contributed by atoms with Gasteiger partial charge in [0.2, 0.25) is 15.9 Å². The number of piperidine rings is 1. The molecule has 2 aromatic rings. The van der Waals surface area contributed by atoms with Gasteiger partial charge in [-0.3, -0.25) is 25.3 Å². The summed E-state index contributed by atoms with van der Waals surface area (Å²) in [4.78, 5) is 29.0. The van der Waals surface area contributed by atoms with E-state index in [1.54, 1.807) is 17.0 Å². The van der Waals surface area contributed by atoms with Gasteiger partial charge in [0, 0.05) is 38.7 Å². The number of carbonyl (C=O) groups excluding carboxylic acids is 1. The molecule has 0 unspecified atom stereocenters. The number of rotatable bonds is 9. The van der Waals surface area contributed by atoms with Gasteiger partial charge in [-0.25, -0.2) is 8.42 Å². The first-order valence-corrected chi connectivity index (χ1v) is 14.8. The van der Waals surface area contributed by atoms with E-state index in [2.05, 4.69) is 9.71 Å². The van der Waals surface area contributed by atoms with Crippen LogP contribution >= 0.6 is 0 Å². The van der Waals surface area contributed by atoms with Gasteiger partial charge in [0.15, 0.2) is 5.96 Å². The van der Waals surface area contributed by atoms with E-state index in [1.165, 1.54) is 43.3 Å². The van der Waals surface area contributed by atoms with Crippen LogP contribution in [0.25, 0.3) is 0 Å². The Balaban J connectivity index is 1.95. The maximum absolute atomic E-state index is 13.5. The Labute approximate surface area is 240 Å². The zero-order valence-electron chi connectivity index (χ0n) is 23.8. The molecule has 0 radical (unpaired) electrons. The molecule has 222 valence electrons. The van der Waals surface area contributed by atoms with E-state index in [1.807, 2.05) is 20.8 Å². The van der Waals surface area contributed by atoms with E-state index in [9.17, 15) is 23.3 Å². The van der Waals surface area contributed by atoms with E-state index in [-0.39, 0.29) is 46.7 Å². The van der Waals surface area contributed by atoms with Crippen LogP contribution in [0.3, 0.4) is 0 Å². The first-order chi connectivity index (χ1) is 19.2. The molecule has 1 fully saturated rings. The molecular weight excluding hydrogens is 548 g/mol. The quantitative estimate of drug-likeness (QED) is 0.131. The van der Waals surface area contributed by atoms with Gasteiger partial charge in [0.25, 0.3) is 5.69 Å². The monoisotopic (exact) mass is 586 g/mol. The van der Waals surface area contributed by atoms with Gasteiger partial charge in [-0.2, -0.15) is 4.72 Å². The first kappa shape index (κ1) is 31.7. The molecule has 0 saturated carbocycles. The highest BCUT2D eigenvalue weighted by Crippen LogP contribution is 2.24. The number of benzene rings is 2. The van der Waals surface area contributed by atoms with Crippen molar-refractivity contribution in [3.63, 3.8) is 0 Å². The van der Waals surface area contributed by atoms with E-state index < -0.39 is 27.0 Å². The Hall–Kier alpha value is -3.84. The second-order valence-corrected chi connectivity index (χ2v) is 12.9. The molecule has 0 amide bonds. The van der Waals surface area contributed by atoms with Crippen molar-refractivity contribution in [1.82, 2.24) is 9.62 Å². The van der Waals surface area contributed by atoms with Gasteiger partial charge in [-0.05, 0) is 53.9 Å². The van der Waals surface area contributed by atoms with Gasteiger partial charge < -0.3 is 15.4 Å². The van der Waals surface area contributed by atoms with Crippen LogP contribution in [0, 0.1) is 21.4 Å². The minimum absolute atomic E-state index is 0.0137. The van der Waals surface area contributed by atoms with Crippen LogP contribution in [0.2, 0.25) is 0 Å². The Morgan fingerprint density at radius 1 is 1.22 bits per heavy atom. The normalized spacial score (nSPS) is 17.1. The highest BCUT2D eigenvalue weighted by Gasteiger charge is 2.29. The number of carbonyl (C=O) groups is 1. The molecular formula is C28H38N6O6S. The van der Waals surface area contributed by atoms with E-state index in [0.29, 0.717) is 18.7 Å². The van der Waals surface area contributed by atoms with Gasteiger partial charge >= 0.3 is 5.97 Å². The smallest absolute Gasteiger partial charge is 0.309 e. The number of esters is 1.